The van der Waals surface area contributed by atoms with Gasteiger partial charge in [-0.05, 0) is 74.2 Å². The molecule has 182 valence electrons. The van der Waals surface area contributed by atoms with E-state index in [-0.39, 0.29) is 18.6 Å². The molecule has 0 unspecified atom stereocenters. The van der Waals surface area contributed by atoms with Crippen LogP contribution in [0.3, 0.4) is 0 Å². The van der Waals surface area contributed by atoms with Gasteiger partial charge in [0.05, 0.1) is 12.3 Å². The molecule has 0 spiro atoms. The first-order valence-electron chi connectivity index (χ1n) is 11.2. The summed E-state index contributed by atoms with van der Waals surface area (Å²) in [6.07, 6.45) is 3.08. The fraction of sp³-hybridized carbons (Fsp3) is 0.360. The summed E-state index contributed by atoms with van der Waals surface area (Å²) in [6, 6.07) is 14.4. The van der Waals surface area contributed by atoms with Crippen molar-refractivity contribution < 1.29 is 23.9 Å². The topological polar surface area (TPSA) is 118 Å². The molecular weight excluding hydrogens is 436 g/mol. The number of hydrogen-bond donors (Lipinski definition) is 3. The second kappa shape index (κ2) is 14.4. The molecule has 9 heteroatoms. The Kier molecular flexibility index (Phi) is 11.3. The number of ether oxygens (including phenoxy) is 2. The SMILES string of the molecule is CCc1ccc(NC(=O)COc2ccc(/C=N\NC(=O)C(=O)NCCCOC(C)C)cc2)cc1. The first-order chi connectivity index (χ1) is 16.4. The van der Waals surface area contributed by atoms with E-state index in [1.54, 1.807) is 24.3 Å². The fourth-order valence-electron chi connectivity index (χ4n) is 2.71. The lowest BCUT2D eigenvalue weighted by Crippen LogP contribution is -2.38. The van der Waals surface area contributed by atoms with Crippen LogP contribution in [0.15, 0.2) is 53.6 Å². The van der Waals surface area contributed by atoms with Gasteiger partial charge in [0.1, 0.15) is 5.75 Å². The highest BCUT2D eigenvalue weighted by molar-refractivity contribution is 6.35. The third-order valence-corrected chi connectivity index (χ3v) is 4.54. The zero-order valence-corrected chi connectivity index (χ0v) is 19.8. The maximum atomic E-state index is 12.1. The lowest BCUT2D eigenvalue weighted by Gasteiger charge is -2.08. The summed E-state index contributed by atoms with van der Waals surface area (Å²) in [7, 11) is 0. The second-order valence-corrected chi connectivity index (χ2v) is 7.68. The van der Waals surface area contributed by atoms with Gasteiger partial charge < -0.3 is 20.1 Å². The number of nitrogens with zero attached hydrogens (tertiary/aromatic N) is 1. The van der Waals surface area contributed by atoms with Crippen molar-refractivity contribution in [2.75, 3.05) is 25.1 Å². The van der Waals surface area contributed by atoms with Gasteiger partial charge in [-0.15, -0.1) is 0 Å². The number of carbonyl (C=O) groups excluding carboxylic acids is 3. The standard InChI is InChI=1S/C25H32N4O5/c1-4-19-6-10-21(11-7-19)28-23(30)17-34-22-12-8-20(9-13-22)16-27-29-25(32)24(31)26-14-5-15-33-18(2)3/h6-13,16,18H,4-5,14-15,17H2,1-3H3,(H,26,31)(H,28,30)(H,29,32)/b27-16-. The van der Waals surface area contributed by atoms with Crippen molar-refractivity contribution in [1.29, 1.82) is 0 Å². The molecule has 0 aromatic heterocycles. The lowest BCUT2D eigenvalue weighted by molar-refractivity contribution is -0.139. The molecule has 2 aromatic carbocycles. The summed E-state index contributed by atoms with van der Waals surface area (Å²) in [5, 5.41) is 9.06. The number of hydrazone groups is 1. The van der Waals surface area contributed by atoms with E-state index in [1.165, 1.54) is 11.8 Å². The van der Waals surface area contributed by atoms with Crippen molar-refractivity contribution in [1.82, 2.24) is 10.7 Å². The highest BCUT2D eigenvalue weighted by Gasteiger charge is 2.11. The molecule has 0 atom stereocenters. The predicted octanol–water partition coefficient (Wildman–Crippen LogP) is 2.65. The van der Waals surface area contributed by atoms with Crippen molar-refractivity contribution in [3.63, 3.8) is 0 Å². The van der Waals surface area contributed by atoms with Crippen molar-refractivity contribution in [2.24, 2.45) is 5.10 Å². The van der Waals surface area contributed by atoms with E-state index in [4.69, 9.17) is 9.47 Å². The average Bonchev–Trinajstić information content (AvgIpc) is 2.83. The summed E-state index contributed by atoms with van der Waals surface area (Å²) in [6.45, 7) is 6.65. The molecule has 0 aliphatic carbocycles. The Hall–Kier alpha value is -3.72. The molecule has 0 saturated carbocycles. The Bertz CT molecular complexity index is 956. The predicted molar refractivity (Wildman–Crippen MR) is 131 cm³/mol. The summed E-state index contributed by atoms with van der Waals surface area (Å²) in [4.78, 5) is 35.5. The number of benzene rings is 2. The first kappa shape index (κ1) is 26.5. The van der Waals surface area contributed by atoms with Crippen molar-refractivity contribution in [3.05, 3.63) is 59.7 Å². The smallest absolute Gasteiger partial charge is 0.329 e. The van der Waals surface area contributed by atoms with Crippen LogP contribution in [0.5, 0.6) is 5.75 Å². The number of aryl methyl sites for hydroxylation is 1. The summed E-state index contributed by atoms with van der Waals surface area (Å²) in [5.74, 6) is -1.36. The van der Waals surface area contributed by atoms with Crippen LogP contribution in [0, 0.1) is 0 Å². The van der Waals surface area contributed by atoms with Gasteiger partial charge in [-0.25, -0.2) is 5.43 Å². The maximum absolute atomic E-state index is 12.1. The van der Waals surface area contributed by atoms with Crippen LogP contribution in [0.4, 0.5) is 5.69 Å². The number of hydrogen-bond acceptors (Lipinski definition) is 6. The Labute approximate surface area is 199 Å². The highest BCUT2D eigenvalue weighted by Crippen LogP contribution is 2.12. The van der Waals surface area contributed by atoms with Crippen LogP contribution in [0.2, 0.25) is 0 Å². The Morgan fingerprint density at radius 3 is 2.35 bits per heavy atom. The third kappa shape index (κ3) is 10.3. The van der Waals surface area contributed by atoms with E-state index in [0.717, 1.165) is 6.42 Å². The largest absolute Gasteiger partial charge is 0.484 e. The molecule has 2 aromatic rings. The van der Waals surface area contributed by atoms with Gasteiger partial charge >= 0.3 is 11.8 Å². The van der Waals surface area contributed by atoms with Gasteiger partial charge in [-0.2, -0.15) is 5.10 Å². The van der Waals surface area contributed by atoms with Crippen LogP contribution < -0.4 is 20.8 Å². The second-order valence-electron chi connectivity index (χ2n) is 7.68. The average molecular weight is 469 g/mol. The molecule has 0 saturated heterocycles. The number of anilines is 1. The van der Waals surface area contributed by atoms with Gasteiger partial charge in [0, 0.05) is 18.8 Å². The van der Waals surface area contributed by atoms with Crippen LogP contribution in [0.25, 0.3) is 0 Å². The lowest BCUT2D eigenvalue weighted by atomic mass is 10.1. The third-order valence-electron chi connectivity index (χ3n) is 4.54. The maximum Gasteiger partial charge on any atom is 0.329 e. The number of rotatable bonds is 12. The molecule has 34 heavy (non-hydrogen) atoms. The van der Waals surface area contributed by atoms with Crippen LogP contribution in [-0.2, 0) is 25.5 Å². The van der Waals surface area contributed by atoms with Gasteiger partial charge in [0.2, 0.25) is 0 Å². The molecule has 0 bridgehead atoms. The molecule has 3 N–H and O–H groups in total. The van der Waals surface area contributed by atoms with Crippen LogP contribution >= 0.6 is 0 Å². The molecular formula is C25H32N4O5. The molecule has 0 radical (unpaired) electrons. The number of nitrogens with one attached hydrogen (secondary N) is 3. The highest BCUT2D eigenvalue weighted by atomic mass is 16.5. The minimum atomic E-state index is -0.851. The molecule has 0 aliphatic heterocycles. The van der Waals surface area contributed by atoms with Gasteiger partial charge in [0.15, 0.2) is 6.61 Å². The quantitative estimate of drug-likeness (QED) is 0.192. The Morgan fingerprint density at radius 1 is 1.00 bits per heavy atom. The first-order valence-corrected chi connectivity index (χ1v) is 11.2. The molecule has 0 fully saturated rings. The summed E-state index contributed by atoms with van der Waals surface area (Å²) >= 11 is 0. The molecule has 9 nitrogen and oxygen atoms in total. The number of amides is 3. The summed E-state index contributed by atoms with van der Waals surface area (Å²) in [5.41, 5.74) is 4.77. The Morgan fingerprint density at radius 2 is 1.71 bits per heavy atom. The van der Waals surface area contributed by atoms with Crippen LogP contribution in [0.1, 0.15) is 38.3 Å². The van der Waals surface area contributed by atoms with E-state index < -0.39 is 11.8 Å². The summed E-state index contributed by atoms with van der Waals surface area (Å²) < 4.78 is 10.9. The van der Waals surface area contributed by atoms with E-state index in [1.807, 2.05) is 38.1 Å². The van der Waals surface area contributed by atoms with Crippen molar-refractivity contribution in [3.8, 4) is 5.75 Å². The van der Waals surface area contributed by atoms with Gasteiger partial charge in [-0.1, -0.05) is 19.1 Å². The zero-order chi connectivity index (χ0) is 24.8. The normalized spacial score (nSPS) is 10.8. The monoisotopic (exact) mass is 468 g/mol. The minimum absolute atomic E-state index is 0.127. The van der Waals surface area contributed by atoms with Gasteiger partial charge in [0.25, 0.3) is 5.91 Å². The van der Waals surface area contributed by atoms with Crippen molar-refractivity contribution >= 4 is 29.6 Å². The molecule has 0 aliphatic rings. The van der Waals surface area contributed by atoms with Gasteiger partial charge in [-0.3, -0.25) is 14.4 Å². The number of carbonyl (C=O) groups is 3. The minimum Gasteiger partial charge on any atom is -0.484 e. The van der Waals surface area contributed by atoms with E-state index >= 15 is 0 Å². The molecule has 0 heterocycles. The zero-order valence-electron chi connectivity index (χ0n) is 19.8. The van der Waals surface area contributed by atoms with E-state index in [0.29, 0.717) is 36.6 Å². The fourth-order valence-corrected chi connectivity index (χ4v) is 2.71. The molecule has 3 amide bonds. The Balaban J connectivity index is 1.68. The molecule has 2 rings (SSSR count). The van der Waals surface area contributed by atoms with Crippen molar-refractivity contribution in [2.45, 2.75) is 39.7 Å². The van der Waals surface area contributed by atoms with E-state index in [9.17, 15) is 14.4 Å². The van der Waals surface area contributed by atoms with E-state index in [2.05, 4.69) is 28.1 Å². The van der Waals surface area contributed by atoms with Crippen LogP contribution in [-0.4, -0.2) is 49.8 Å².